The molecule has 1 aromatic carbocycles. The van der Waals surface area contributed by atoms with Crippen molar-refractivity contribution in [1.82, 2.24) is 10.2 Å². The van der Waals surface area contributed by atoms with Gasteiger partial charge in [0, 0.05) is 0 Å². The number of nitrogens with zero attached hydrogens (tertiary/aromatic N) is 1. The molecule has 0 unspecified atom stereocenters. The third-order valence-corrected chi connectivity index (χ3v) is 4.92. The minimum absolute atomic E-state index is 0.0417. The number of amides is 4. The minimum Gasteiger partial charge on any atom is -0.323 e. The van der Waals surface area contributed by atoms with Crippen LogP contribution in [-0.2, 0) is 9.59 Å². The van der Waals surface area contributed by atoms with E-state index in [1.807, 2.05) is 0 Å². The lowest BCUT2D eigenvalue weighted by atomic mass is 9.97. The quantitative estimate of drug-likeness (QED) is 0.820. The van der Waals surface area contributed by atoms with Gasteiger partial charge in [0.15, 0.2) is 0 Å². The SMILES string of the molecule is C[C@@H](C(=O)Nc1ccc(F)cc1Cl)N1C(=O)NC2(CCCC2)C1=O. The summed E-state index contributed by atoms with van der Waals surface area (Å²) in [7, 11) is 0. The van der Waals surface area contributed by atoms with Gasteiger partial charge in [-0.3, -0.25) is 9.59 Å². The molecule has 1 saturated carbocycles. The van der Waals surface area contributed by atoms with Gasteiger partial charge in [0.2, 0.25) is 5.91 Å². The maximum atomic E-state index is 13.1. The predicted molar refractivity (Wildman–Crippen MR) is 86.1 cm³/mol. The number of hydrogen-bond acceptors (Lipinski definition) is 3. The van der Waals surface area contributed by atoms with E-state index in [9.17, 15) is 18.8 Å². The number of hydrogen-bond donors (Lipinski definition) is 2. The average molecular weight is 354 g/mol. The van der Waals surface area contributed by atoms with Crippen LogP contribution in [0.2, 0.25) is 5.02 Å². The molecule has 0 bridgehead atoms. The van der Waals surface area contributed by atoms with Crippen LogP contribution in [0.15, 0.2) is 18.2 Å². The number of rotatable bonds is 3. The molecule has 0 aromatic heterocycles. The number of halogens is 2. The molecule has 128 valence electrons. The lowest BCUT2D eigenvalue weighted by Crippen LogP contribution is -2.48. The zero-order valence-electron chi connectivity index (χ0n) is 13.1. The van der Waals surface area contributed by atoms with Crippen molar-refractivity contribution >= 4 is 35.1 Å². The Kier molecular flexibility index (Phi) is 4.21. The van der Waals surface area contributed by atoms with Crippen LogP contribution in [0.4, 0.5) is 14.9 Å². The van der Waals surface area contributed by atoms with Crippen molar-refractivity contribution in [2.45, 2.75) is 44.2 Å². The topological polar surface area (TPSA) is 78.5 Å². The van der Waals surface area contributed by atoms with Gasteiger partial charge in [0.1, 0.15) is 17.4 Å². The molecule has 2 fully saturated rings. The number of carbonyl (C=O) groups excluding carboxylic acids is 3. The van der Waals surface area contributed by atoms with Gasteiger partial charge in [-0.25, -0.2) is 14.1 Å². The Bertz CT molecular complexity index is 719. The first-order valence-electron chi connectivity index (χ1n) is 7.76. The van der Waals surface area contributed by atoms with Crippen LogP contribution in [-0.4, -0.2) is 34.3 Å². The smallest absolute Gasteiger partial charge is 0.323 e. The molecule has 0 radical (unpaired) electrons. The van der Waals surface area contributed by atoms with E-state index in [0.717, 1.165) is 29.9 Å². The summed E-state index contributed by atoms with van der Waals surface area (Å²) in [5.41, 5.74) is -0.642. The van der Waals surface area contributed by atoms with Crippen molar-refractivity contribution in [3.8, 4) is 0 Å². The van der Waals surface area contributed by atoms with E-state index in [2.05, 4.69) is 10.6 Å². The minimum atomic E-state index is -1.00. The maximum Gasteiger partial charge on any atom is 0.325 e. The molecule has 1 saturated heterocycles. The highest BCUT2D eigenvalue weighted by molar-refractivity contribution is 6.33. The Morgan fingerprint density at radius 1 is 1.38 bits per heavy atom. The number of imide groups is 1. The van der Waals surface area contributed by atoms with Crippen LogP contribution < -0.4 is 10.6 Å². The van der Waals surface area contributed by atoms with E-state index in [0.29, 0.717) is 12.8 Å². The molecule has 1 aromatic rings. The molecule has 2 aliphatic rings. The molecular weight excluding hydrogens is 337 g/mol. The molecular formula is C16H17ClFN3O3. The number of benzene rings is 1. The van der Waals surface area contributed by atoms with E-state index in [-0.39, 0.29) is 16.6 Å². The summed E-state index contributed by atoms with van der Waals surface area (Å²) in [5, 5.41) is 5.29. The zero-order valence-corrected chi connectivity index (χ0v) is 13.8. The molecule has 1 aliphatic carbocycles. The molecule has 4 amide bonds. The molecule has 1 atom stereocenters. The summed E-state index contributed by atoms with van der Waals surface area (Å²) >= 11 is 5.88. The molecule has 1 heterocycles. The Hall–Kier alpha value is -2.15. The first-order valence-corrected chi connectivity index (χ1v) is 8.13. The normalized spacial score (nSPS) is 20.4. The Balaban J connectivity index is 1.76. The van der Waals surface area contributed by atoms with Crippen LogP contribution >= 0.6 is 11.6 Å². The molecule has 1 aliphatic heterocycles. The lowest BCUT2D eigenvalue weighted by Gasteiger charge is -2.23. The van der Waals surface area contributed by atoms with Crippen LogP contribution in [0.3, 0.4) is 0 Å². The molecule has 3 rings (SSSR count). The zero-order chi connectivity index (χ0) is 17.5. The summed E-state index contributed by atoms with van der Waals surface area (Å²) in [6.07, 6.45) is 2.91. The summed E-state index contributed by atoms with van der Waals surface area (Å²) in [4.78, 5) is 38.2. The highest BCUT2D eigenvalue weighted by Crippen LogP contribution is 2.36. The monoisotopic (exact) mass is 353 g/mol. The standard InChI is InChI=1S/C16H17ClFN3O3/c1-9(13(22)19-12-5-4-10(18)8-11(12)17)21-14(23)16(20-15(21)24)6-2-3-7-16/h4-5,8-9H,2-3,6-7H2,1H3,(H,19,22)(H,20,24)/t9-/m0/s1. The summed E-state index contributed by atoms with van der Waals surface area (Å²) in [5.74, 6) is -1.46. The van der Waals surface area contributed by atoms with Gasteiger partial charge in [-0.1, -0.05) is 24.4 Å². The number of carbonyl (C=O) groups is 3. The lowest BCUT2D eigenvalue weighted by molar-refractivity contribution is -0.136. The van der Waals surface area contributed by atoms with E-state index in [1.54, 1.807) is 0 Å². The fraction of sp³-hybridized carbons (Fsp3) is 0.438. The van der Waals surface area contributed by atoms with Gasteiger partial charge in [-0.2, -0.15) is 0 Å². The number of anilines is 1. The maximum absolute atomic E-state index is 13.1. The van der Waals surface area contributed by atoms with E-state index < -0.39 is 29.3 Å². The van der Waals surface area contributed by atoms with E-state index in [4.69, 9.17) is 11.6 Å². The van der Waals surface area contributed by atoms with Crippen molar-refractivity contribution in [1.29, 1.82) is 0 Å². The Morgan fingerprint density at radius 2 is 2.04 bits per heavy atom. The molecule has 8 heteroatoms. The van der Waals surface area contributed by atoms with Gasteiger partial charge in [-0.05, 0) is 38.0 Å². The highest BCUT2D eigenvalue weighted by atomic mass is 35.5. The van der Waals surface area contributed by atoms with E-state index >= 15 is 0 Å². The van der Waals surface area contributed by atoms with Crippen molar-refractivity contribution in [2.24, 2.45) is 0 Å². The Labute approximate surface area is 143 Å². The Morgan fingerprint density at radius 3 is 2.67 bits per heavy atom. The van der Waals surface area contributed by atoms with Crippen molar-refractivity contribution in [2.75, 3.05) is 5.32 Å². The average Bonchev–Trinajstić information content (AvgIpc) is 3.08. The van der Waals surface area contributed by atoms with Gasteiger partial charge < -0.3 is 10.6 Å². The highest BCUT2D eigenvalue weighted by Gasteiger charge is 2.54. The summed E-state index contributed by atoms with van der Waals surface area (Å²) in [6.45, 7) is 1.47. The fourth-order valence-corrected chi connectivity index (χ4v) is 3.47. The van der Waals surface area contributed by atoms with E-state index in [1.165, 1.54) is 13.0 Å². The van der Waals surface area contributed by atoms with Crippen molar-refractivity contribution < 1.29 is 18.8 Å². The van der Waals surface area contributed by atoms with Crippen LogP contribution in [0.25, 0.3) is 0 Å². The summed E-state index contributed by atoms with van der Waals surface area (Å²) < 4.78 is 13.1. The first kappa shape index (κ1) is 16.7. The molecule has 6 nitrogen and oxygen atoms in total. The molecule has 1 spiro atoms. The number of urea groups is 1. The van der Waals surface area contributed by atoms with Crippen LogP contribution in [0.5, 0.6) is 0 Å². The van der Waals surface area contributed by atoms with Crippen molar-refractivity contribution in [3.05, 3.63) is 29.0 Å². The van der Waals surface area contributed by atoms with Gasteiger partial charge in [0.05, 0.1) is 10.7 Å². The fourth-order valence-electron chi connectivity index (χ4n) is 3.26. The second-order valence-corrected chi connectivity index (χ2v) is 6.59. The second-order valence-electron chi connectivity index (χ2n) is 6.18. The van der Waals surface area contributed by atoms with Gasteiger partial charge >= 0.3 is 6.03 Å². The number of nitrogens with one attached hydrogen (secondary N) is 2. The third-order valence-electron chi connectivity index (χ3n) is 4.61. The predicted octanol–water partition coefficient (Wildman–Crippen LogP) is 2.67. The van der Waals surface area contributed by atoms with Gasteiger partial charge in [-0.15, -0.1) is 0 Å². The van der Waals surface area contributed by atoms with Gasteiger partial charge in [0.25, 0.3) is 5.91 Å². The van der Waals surface area contributed by atoms with Crippen molar-refractivity contribution in [3.63, 3.8) is 0 Å². The van der Waals surface area contributed by atoms with Crippen LogP contribution in [0, 0.1) is 5.82 Å². The van der Waals surface area contributed by atoms with Crippen LogP contribution in [0.1, 0.15) is 32.6 Å². The molecule has 24 heavy (non-hydrogen) atoms. The molecule has 2 N–H and O–H groups in total. The second kappa shape index (κ2) is 6.05. The third kappa shape index (κ3) is 2.73. The largest absolute Gasteiger partial charge is 0.325 e. The summed E-state index contributed by atoms with van der Waals surface area (Å²) in [6, 6.07) is 2.00. The first-order chi connectivity index (χ1) is 11.3.